The zero-order valence-corrected chi connectivity index (χ0v) is 31.2. The molecule has 0 atom stereocenters. The number of benzene rings is 3. The Morgan fingerprint density at radius 1 is 0.565 bits per heavy atom. The number of aromatic nitrogens is 4. The van der Waals surface area contributed by atoms with E-state index >= 15 is 0 Å². The monoisotopic (exact) mass is 786 g/mol. The van der Waals surface area contributed by atoms with Crippen LogP contribution in [-0.4, -0.2) is 19.9 Å². The fraction of sp³-hybridized carbons (Fsp3) is 0.366. The number of nitrogens with zero attached hydrogens (tertiary/aromatic N) is 4. The molecule has 0 unspecified atom stereocenters. The zero-order valence-electron chi connectivity index (χ0n) is 28.8. The summed E-state index contributed by atoms with van der Waals surface area (Å²) in [5, 5.41) is 0. The Bertz CT molecular complexity index is 1780. The molecule has 2 heterocycles. The Labute approximate surface area is 288 Å². The van der Waals surface area contributed by atoms with Gasteiger partial charge in [-0.1, -0.05) is 130 Å². The van der Waals surface area contributed by atoms with Crippen molar-refractivity contribution in [2.24, 2.45) is 5.41 Å². The molecule has 0 N–H and O–H groups in total. The summed E-state index contributed by atoms with van der Waals surface area (Å²) in [5.74, 6) is 2.83. The van der Waals surface area contributed by atoms with Crippen molar-refractivity contribution >= 4 is 0 Å². The maximum Gasteiger partial charge on any atom is 0.165 e. The van der Waals surface area contributed by atoms with E-state index in [1.165, 1.54) is 22.3 Å². The maximum absolute atomic E-state index is 4.95. The van der Waals surface area contributed by atoms with E-state index in [0.717, 1.165) is 27.9 Å². The third kappa shape index (κ3) is 5.67. The fourth-order valence-corrected chi connectivity index (χ4v) is 6.61. The number of pyridine rings is 1. The van der Waals surface area contributed by atoms with Gasteiger partial charge < -0.3 is 4.98 Å². The maximum atomic E-state index is 4.95. The molecule has 4 nitrogen and oxygen atoms in total. The van der Waals surface area contributed by atoms with Crippen molar-refractivity contribution in [3.05, 3.63) is 107 Å². The van der Waals surface area contributed by atoms with Gasteiger partial charge in [-0.3, -0.25) is 0 Å². The minimum absolute atomic E-state index is 0. The van der Waals surface area contributed by atoms with E-state index in [-0.39, 0.29) is 36.4 Å². The van der Waals surface area contributed by atoms with Gasteiger partial charge in [0.2, 0.25) is 0 Å². The van der Waals surface area contributed by atoms with Gasteiger partial charge in [0, 0.05) is 43.0 Å². The standard InChI is InChI=1S/C41H45N4.Ir/c1-25(2)27-11-15-29(16-12-27)36-43-37(30-17-13-28(14-18-30)26(3)4)45-38(44-36)32-20-22-35(42-24-32)31-19-21-33-34(23-31)40(7,8)41(9,10)39(33,5)6;/h11-18,20-26H,1-10H3;/q-1;. The molecule has 0 fully saturated rings. The van der Waals surface area contributed by atoms with Gasteiger partial charge in [-0.2, -0.15) is 0 Å². The fourth-order valence-electron chi connectivity index (χ4n) is 6.61. The Morgan fingerprint density at radius 3 is 1.43 bits per heavy atom. The normalized spacial score (nSPS) is 15.9. The van der Waals surface area contributed by atoms with Crippen LogP contribution in [0.15, 0.2) is 79.0 Å². The molecule has 0 saturated carbocycles. The predicted molar refractivity (Wildman–Crippen MR) is 186 cm³/mol. The minimum Gasteiger partial charge on any atom is -0.304 e. The summed E-state index contributed by atoms with van der Waals surface area (Å²) in [4.78, 5) is 19.7. The molecule has 3 aromatic carbocycles. The summed E-state index contributed by atoms with van der Waals surface area (Å²) in [5.41, 5.74) is 10.2. The van der Waals surface area contributed by atoms with Crippen molar-refractivity contribution < 1.29 is 20.1 Å². The summed E-state index contributed by atoms with van der Waals surface area (Å²) in [6.07, 6.45) is 1.88. The van der Waals surface area contributed by atoms with Crippen molar-refractivity contribution in [3.8, 4) is 45.4 Å². The van der Waals surface area contributed by atoms with E-state index in [1.807, 2.05) is 6.20 Å². The molecule has 1 aliphatic rings. The minimum atomic E-state index is 0. The van der Waals surface area contributed by atoms with Crippen molar-refractivity contribution in [1.82, 2.24) is 19.9 Å². The van der Waals surface area contributed by atoms with E-state index in [9.17, 15) is 0 Å². The van der Waals surface area contributed by atoms with E-state index in [0.29, 0.717) is 29.3 Å². The van der Waals surface area contributed by atoms with Crippen LogP contribution >= 0.6 is 0 Å². The molecule has 1 aliphatic carbocycles. The van der Waals surface area contributed by atoms with E-state index in [4.69, 9.17) is 19.9 Å². The second-order valence-corrected chi connectivity index (χ2v) is 14.8. The molecule has 0 saturated heterocycles. The quantitative estimate of drug-likeness (QED) is 0.161. The molecule has 5 heteroatoms. The number of hydrogen-bond acceptors (Lipinski definition) is 4. The predicted octanol–water partition coefficient (Wildman–Crippen LogP) is 10.6. The smallest absolute Gasteiger partial charge is 0.165 e. The van der Waals surface area contributed by atoms with Crippen LogP contribution in [0.2, 0.25) is 0 Å². The van der Waals surface area contributed by atoms with Crippen LogP contribution in [0.3, 0.4) is 0 Å². The Hall–Kier alpha value is -3.53. The molecule has 1 radical (unpaired) electrons. The van der Waals surface area contributed by atoms with E-state index < -0.39 is 0 Å². The summed E-state index contributed by atoms with van der Waals surface area (Å²) in [6, 6.07) is 29.2. The molecule has 0 aliphatic heterocycles. The number of rotatable bonds is 6. The topological polar surface area (TPSA) is 51.6 Å². The van der Waals surface area contributed by atoms with Gasteiger partial charge in [0.15, 0.2) is 17.5 Å². The van der Waals surface area contributed by atoms with Gasteiger partial charge in [-0.15, -0.1) is 34.9 Å². The van der Waals surface area contributed by atoms with Crippen LogP contribution in [0.5, 0.6) is 0 Å². The van der Waals surface area contributed by atoms with Gasteiger partial charge in [0.05, 0.1) is 0 Å². The molecular weight excluding hydrogens is 741 g/mol. The third-order valence-electron chi connectivity index (χ3n) is 11.0. The molecule has 239 valence electrons. The summed E-state index contributed by atoms with van der Waals surface area (Å²) in [7, 11) is 0. The van der Waals surface area contributed by atoms with Gasteiger partial charge in [0.25, 0.3) is 0 Å². The van der Waals surface area contributed by atoms with Crippen LogP contribution in [0, 0.1) is 11.5 Å². The first kappa shape index (κ1) is 33.8. The van der Waals surface area contributed by atoms with Gasteiger partial charge in [0.1, 0.15) is 0 Å². The average molecular weight is 786 g/mol. The van der Waals surface area contributed by atoms with Crippen molar-refractivity contribution in [3.63, 3.8) is 0 Å². The first-order valence-corrected chi connectivity index (χ1v) is 16.2. The average Bonchev–Trinajstić information content (AvgIpc) is 3.14. The molecule has 0 bridgehead atoms. The van der Waals surface area contributed by atoms with Crippen LogP contribution < -0.4 is 0 Å². The van der Waals surface area contributed by atoms with Crippen LogP contribution in [-0.2, 0) is 30.9 Å². The van der Waals surface area contributed by atoms with Crippen LogP contribution in [0.4, 0.5) is 0 Å². The Morgan fingerprint density at radius 2 is 1.00 bits per heavy atom. The molecule has 46 heavy (non-hydrogen) atoms. The number of hydrogen-bond donors (Lipinski definition) is 0. The van der Waals surface area contributed by atoms with Gasteiger partial charge in [-0.25, -0.2) is 15.0 Å². The summed E-state index contributed by atoms with van der Waals surface area (Å²) >= 11 is 0. The largest absolute Gasteiger partial charge is 0.304 e. The third-order valence-corrected chi connectivity index (χ3v) is 11.0. The number of fused-ring (bicyclic) bond motifs is 1. The first-order chi connectivity index (χ1) is 21.2. The van der Waals surface area contributed by atoms with Crippen LogP contribution in [0.25, 0.3) is 45.4 Å². The van der Waals surface area contributed by atoms with E-state index in [1.54, 1.807) is 0 Å². The zero-order chi connectivity index (χ0) is 32.3. The Kier molecular flexibility index (Phi) is 9.00. The molecule has 0 amide bonds. The van der Waals surface area contributed by atoms with Crippen molar-refractivity contribution in [1.29, 1.82) is 0 Å². The molecule has 0 spiro atoms. The second kappa shape index (κ2) is 12.2. The molecular formula is C41H45IrN4-. The van der Waals surface area contributed by atoms with Crippen molar-refractivity contribution in [2.45, 2.75) is 91.9 Å². The summed E-state index contributed by atoms with van der Waals surface area (Å²) < 4.78 is 0. The second-order valence-electron chi connectivity index (χ2n) is 14.8. The van der Waals surface area contributed by atoms with Crippen molar-refractivity contribution in [2.75, 3.05) is 0 Å². The molecule has 2 aromatic heterocycles. The Balaban J connectivity index is 0.00000417. The van der Waals surface area contributed by atoms with E-state index in [2.05, 4.69) is 148 Å². The first-order valence-electron chi connectivity index (χ1n) is 16.2. The molecule has 5 aromatic rings. The molecule has 6 rings (SSSR count). The SMILES string of the molecule is CC(C)c1ccc(-c2nc(-c3ccc(C(C)C)cc3)nc(-c3ccc(-c4[c-]cc5c(c4)C(C)(C)C(C)(C)C5(C)C)nc3)n2)cc1.[Ir]. The van der Waals surface area contributed by atoms with Gasteiger partial charge >= 0.3 is 0 Å². The van der Waals surface area contributed by atoms with Crippen LogP contribution in [0.1, 0.15) is 103 Å². The summed E-state index contributed by atoms with van der Waals surface area (Å²) in [6.45, 7) is 23.0. The van der Waals surface area contributed by atoms with Gasteiger partial charge in [-0.05, 0) is 44.9 Å².